The van der Waals surface area contributed by atoms with Gasteiger partial charge in [0.15, 0.2) is 11.5 Å². The fraction of sp³-hybridized carbons (Fsp3) is 0.182. The third-order valence-corrected chi connectivity index (χ3v) is 5.69. The largest absolute Gasteiger partial charge is 0.490 e. The first-order chi connectivity index (χ1) is 14.0. The van der Waals surface area contributed by atoms with E-state index in [1.54, 1.807) is 12.1 Å². The first-order valence-corrected chi connectivity index (χ1v) is 10.7. The molecule has 7 heteroatoms. The zero-order valence-corrected chi connectivity index (χ0v) is 18.7. The highest BCUT2D eigenvalue weighted by Gasteiger charge is 2.34. The molecular weight excluding hydrogens is 501 g/mol. The Balaban J connectivity index is 1.87. The summed E-state index contributed by atoms with van der Waals surface area (Å²) in [5.74, 6) is 3.19. The summed E-state index contributed by atoms with van der Waals surface area (Å²) < 4.78 is 12.6. The van der Waals surface area contributed by atoms with Crippen molar-refractivity contribution < 1.29 is 19.1 Å². The molecule has 0 aliphatic carbocycles. The van der Waals surface area contributed by atoms with Crippen molar-refractivity contribution in [3.63, 3.8) is 0 Å². The van der Waals surface area contributed by atoms with Crippen LogP contribution < -0.4 is 9.47 Å². The lowest BCUT2D eigenvalue weighted by molar-refractivity contribution is -0.122. The second-order valence-corrected chi connectivity index (χ2v) is 8.16. The van der Waals surface area contributed by atoms with Gasteiger partial charge in [0.25, 0.3) is 11.1 Å². The maximum Gasteiger partial charge on any atom is 0.294 e. The van der Waals surface area contributed by atoms with Gasteiger partial charge in [-0.3, -0.25) is 14.5 Å². The van der Waals surface area contributed by atoms with Crippen molar-refractivity contribution in [1.29, 1.82) is 0 Å². The van der Waals surface area contributed by atoms with Crippen LogP contribution in [-0.2, 0) is 11.4 Å². The SMILES string of the molecule is C#CCN1C(=O)S/C(=C/c2cc(I)c(OCc3ccccc3)c(OCC)c2)C1=O. The molecular formula is C22H18INO4S. The maximum absolute atomic E-state index is 12.4. The lowest BCUT2D eigenvalue weighted by Gasteiger charge is -2.15. The van der Waals surface area contributed by atoms with Crippen molar-refractivity contribution in [3.8, 4) is 23.8 Å². The second-order valence-electron chi connectivity index (χ2n) is 6.01. The van der Waals surface area contributed by atoms with Gasteiger partial charge in [0.05, 0.1) is 21.6 Å². The molecule has 0 spiro atoms. The predicted octanol–water partition coefficient (Wildman–Crippen LogP) is 4.94. The highest BCUT2D eigenvalue weighted by atomic mass is 127. The zero-order valence-electron chi connectivity index (χ0n) is 15.7. The molecule has 0 aromatic heterocycles. The van der Waals surface area contributed by atoms with Gasteiger partial charge in [-0.25, -0.2) is 0 Å². The summed E-state index contributed by atoms with van der Waals surface area (Å²) in [5, 5.41) is -0.359. The number of imide groups is 1. The summed E-state index contributed by atoms with van der Waals surface area (Å²) in [4.78, 5) is 25.8. The van der Waals surface area contributed by atoms with Gasteiger partial charge in [-0.1, -0.05) is 36.3 Å². The Morgan fingerprint density at radius 2 is 1.97 bits per heavy atom. The third kappa shape index (κ3) is 5.14. The lowest BCUT2D eigenvalue weighted by atomic mass is 10.1. The fourth-order valence-corrected chi connectivity index (χ4v) is 4.30. The molecule has 0 unspecified atom stereocenters. The van der Waals surface area contributed by atoms with Crippen molar-refractivity contribution in [2.75, 3.05) is 13.2 Å². The molecule has 5 nitrogen and oxygen atoms in total. The quantitative estimate of drug-likeness (QED) is 0.295. The lowest BCUT2D eigenvalue weighted by Crippen LogP contribution is -2.28. The first-order valence-electron chi connectivity index (χ1n) is 8.85. The minimum Gasteiger partial charge on any atom is -0.490 e. The summed E-state index contributed by atoms with van der Waals surface area (Å²) in [6.45, 7) is 2.75. The molecule has 0 radical (unpaired) electrons. The summed E-state index contributed by atoms with van der Waals surface area (Å²) in [6, 6.07) is 13.6. The number of amides is 2. The van der Waals surface area contributed by atoms with Crippen molar-refractivity contribution >= 4 is 51.6 Å². The molecule has 1 aliphatic heterocycles. The Bertz CT molecular complexity index is 998. The van der Waals surface area contributed by atoms with E-state index in [1.807, 2.05) is 43.3 Å². The van der Waals surface area contributed by atoms with Crippen LogP contribution in [0.3, 0.4) is 0 Å². The second kappa shape index (κ2) is 9.85. The number of hydrogen-bond donors (Lipinski definition) is 0. The Morgan fingerprint density at radius 1 is 1.21 bits per heavy atom. The number of carbonyl (C=O) groups is 2. The van der Waals surface area contributed by atoms with Crippen molar-refractivity contribution in [2.24, 2.45) is 0 Å². The molecule has 148 valence electrons. The van der Waals surface area contributed by atoms with Crippen molar-refractivity contribution in [1.82, 2.24) is 4.90 Å². The van der Waals surface area contributed by atoms with E-state index < -0.39 is 0 Å². The number of benzene rings is 2. The van der Waals surface area contributed by atoms with Crippen molar-refractivity contribution in [2.45, 2.75) is 13.5 Å². The number of halogens is 1. The van der Waals surface area contributed by atoms with E-state index >= 15 is 0 Å². The molecule has 29 heavy (non-hydrogen) atoms. The van der Waals surface area contributed by atoms with Crippen LogP contribution in [0.1, 0.15) is 18.1 Å². The van der Waals surface area contributed by atoms with E-state index in [0.29, 0.717) is 29.6 Å². The van der Waals surface area contributed by atoms with Gasteiger partial charge in [0, 0.05) is 0 Å². The van der Waals surface area contributed by atoms with E-state index in [4.69, 9.17) is 15.9 Å². The average molecular weight is 519 g/mol. The van der Waals surface area contributed by atoms with E-state index in [9.17, 15) is 9.59 Å². The molecule has 1 aliphatic rings. The number of carbonyl (C=O) groups excluding carboxylic acids is 2. The highest BCUT2D eigenvalue weighted by molar-refractivity contribution is 14.1. The van der Waals surface area contributed by atoms with Gasteiger partial charge in [-0.2, -0.15) is 0 Å². The number of hydrogen-bond acceptors (Lipinski definition) is 5. The summed E-state index contributed by atoms with van der Waals surface area (Å²) >= 11 is 3.06. The first kappa shape index (κ1) is 21.3. The van der Waals surface area contributed by atoms with E-state index in [-0.39, 0.29) is 17.7 Å². The van der Waals surface area contributed by atoms with Crippen LogP contribution in [0.25, 0.3) is 6.08 Å². The monoisotopic (exact) mass is 519 g/mol. The topological polar surface area (TPSA) is 55.8 Å². The fourth-order valence-electron chi connectivity index (χ4n) is 2.68. The molecule has 2 aromatic carbocycles. The summed E-state index contributed by atoms with van der Waals surface area (Å²) in [7, 11) is 0. The van der Waals surface area contributed by atoms with Crippen molar-refractivity contribution in [3.05, 3.63) is 62.1 Å². The molecule has 2 aromatic rings. The van der Waals surface area contributed by atoms with Crippen LogP contribution in [0.2, 0.25) is 0 Å². The molecule has 0 saturated carbocycles. The van der Waals surface area contributed by atoms with Crippen LogP contribution in [0.15, 0.2) is 47.4 Å². The number of terminal acetylenes is 1. The Morgan fingerprint density at radius 3 is 2.66 bits per heavy atom. The van der Waals surface area contributed by atoms with Gasteiger partial charge in [-0.05, 0) is 70.6 Å². The van der Waals surface area contributed by atoms with E-state index in [0.717, 1.165) is 31.4 Å². The molecule has 1 saturated heterocycles. The van der Waals surface area contributed by atoms with Gasteiger partial charge >= 0.3 is 0 Å². The Hall–Kier alpha value is -2.44. The minimum absolute atomic E-state index is 0.0317. The Kier molecular flexibility index (Phi) is 7.23. The smallest absolute Gasteiger partial charge is 0.294 e. The van der Waals surface area contributed by atoms with E-state index in [2.05, 4.69) is 28.5 Å². The minimum atomic E-state index is -0.379. The highest BCUT2D eigenvalue weighted by Crippen LogP contribution is 2.37. The molecule has 3 rings (SSSR count). The van der Waals surface area contributed by atoms with Gasteiger partial charge in [0.2, 0.25) is 0 Å². The molecule has 0 N–H and O–H groups in total. The molecule has 0 bridgehead atoms. The number of thioether (sulfide) groups is 1. The normalized spacial score (nSPS) is 14.9. The summed E-state index contributed by atoms with van der Waals surface area (Å²) in [6.07, 6.45) is 6.91. The molecule has 0 atom stereocenters. The average Bonchev–Trinajstić information content (AvgIpc) is 2.96. The predicted molar refractivity (Wildman–Crippen MR) is 123 cm³/mol. The number of rotatable bonds is 7. The third-order valence-electron chi connectivity index (χ3n) is 3.98. The molecule has 1 heterocycles. The van der Waals surface area contributed by atoms with E-state index in [1.165, 1.54) is 0 Å². The van der Waals surface area contributed by atoms with Crippen LogP contribution in [0.4, 0.5) is 4.79 Å². The molecule has 1 fully saturated rings. The van der Waals surface area contributed by atoms with Crippen LogP contribution in [0.5, 0.6) is 11.5 Å². The zero-order chi connectivity index (χ0) is 20.8. The van der Waals surface area contributed by atoms with Gasteiger partial charge < -0.3 is 9.47 Å². The number of ether oxygens (including phenoxy) is 2. The van der Waals surface area contributed by atoms with Gasteiger partial charge in [0.1, 0.15) is 6.61 Å². The van der Waals surface area contributed by atoms with Gasteiger partial charge in [-0.15, -0.1) is 6.42 Å². The Labute approximate surface area is 187 Å². The summed E-state index contributed by atoms with van der Waals surface area (Å²) in [5.41, 5.74) is 1.80. The number of nitrogens with zero attached hydrogens (tertiary/aromatic N) is 1. The van der Waals surface area contributed by atoms with Crippen LogP contribution >= 0.6 is 34.4 Å². The standard InChI is InChI=1S/C22H18INO4S/c1-3-10-24-21(25)19(29-22(24)26)13-16-11-17(23)20(18(12-16)27-4-2)28-14-15-8-6-5-7-9-15/h1,5-9,11-13H,4,10,14H2,2H3/b19-13+. The maximum atomic E-state index is 12.4. The van der Waals surface area contributed by atoms with Crippen LogP contribution in [0, 0.1) is 15.9 Å². The molecule has 2 amide bonds. The van der Waals surface area contributed by atoms with Crippen LogP contribution in [-0.4, -0.2) is 29.2 Å².